The van der Waals surface area contributed by atoms with E-state index in [0.717, 1.165) is 11.4 Å². The summed E-state index contributed by atoms with van der Waals surface area (Å²) in [6.07, 6.45) is 6.57. The summed E-state index contributed by atoms with van der Waals surface area (Å²) in [5.74, 6) is -0.759. The molecule has 0 spiro atoms. The van der Waals surface area contributed by atoms with Crippen LogP contribution in [0.3, 0.4) is 0 Å². The molecule has 0 aliphatic carbocycles. The Bertz CT molecular complexity index is 376. The average Bonchev–Trinajstić information content (AvgIpc) is 2.79. The van der Waals surface area contributed by atoms with E-state index < -0.39 is 5.97 Å². The van der Waals surface area contributed by atoms with Gasteiger partial charge in [0, 0.05) is 22.3 Å². The van der Waals surface area contributed by atoms with Gasteiger partial charge in [-0.25, -0.2) is 0 Å². The number of aliphatic carboxylic acids is 1. The lowest BCUT2D eigenvalue weighted by Gasteiger charge is -2.12. The predicted molar refractivity (Wildman–Crippen MR) is 80.7 cm³/mol. The van der Waals surface area contributed by atoms with Crippen molar-refractivity contribution in [3.63, 3.8) is 0 Å². The summed E-state index contributed by atoms with van der Waals surface area (Å²) >= 11 is 1.59. The fraction of sp³-hybridized carbons (Fsp3) is 0.667. The largest absolute Gasteiger partial charge is 0.481 e. The summed E-state index contributed by atoms with van der Waals surface area (Å²) in [5, 5.41) is 12.2. The van der Waals surface area contributed by atoms with Gasteiger partial charge < -0.3 is 10.4 Å². The molecule has 2 N–H and O–H groups in total. The maximum Gasteiger partial charge on any atom is 0.308 e. The maximum atomic E-state index is 10.6. The van der Waals surface area contributed by atoms with E-state index >= 15 is 0 Å². The molecule has 1 rings (SSSR count). The number of rotatable bonds is 10. The van der Waals surface area contributed by atoms with E-state index in [1.54, 1.807) is 11.3 Å². The molecule has 0 bridgehead atoms. The van der Waals surface area contributed by atoms with Crippen LogP contribution in [0.5, 0.6) is 0 Å². The first-order chi connectivity index (χ1) is 9.11. The molecule has 1 aromatic rings. The van der Waals surface area contributed by atoms with E-state index in [0.29, 0.717) is 6.04 Å². The normalized spacial score (nSPS) is 12.5. The second-order valence-electron chi connectivity index (χ2n) is 5.07. The average molecular weight is 283 g/mol. The van der Waals surface area contributed by atoms with Crippen molar-refractivity contribution >= 4 is 17.3 Å². The van der Waals surface area contributed by atoms with Gasteiger partial charge in [0.15, 0.2) is 0 Å². The quantitative estimate of drug-likeness (QED) is 0.642. The number of hydrogen-bond acceptors (Lipinski definition) is 3. The van der Waals surface area contributed by atoms with Crippen molar-refractivity contribution in [2.75, 3.05) is 0 Å². The Balaban J connectivity index is 2.20. The monoisotopic (exact) mass is 283 g/mol. The first-order valence-corrected chi connectivity index (χ1v) is 7.96. The Morgan fingerprint density at radius 1 is 1.32 bits per heavy atom. The zero-order chi connectivity index (χ0) is 14.1. The van der Waals surface area contributed by atoms with Gasteiger partial charge in [-0.2, -0.15) is 0 Å². The van der Waals surface area contributed by atoms with E-state index in [-0.39, 0.29) is 6.42 Å². The highest BCUT2D eigenvalue weighted by Crippen LogP contribution is 2.17. The van der Waals surface area contributed by atoms with Gasteiger partial charge in [0.1, 0.15) is 0 Å². The Labute approximate surface area is 120 Å². The van der Waals surface area contributed by atoms with Crippen molar-refractivity contribution < 1.29 is 9.90 Å². The van der Waals surface area contributed by atoms with Gasteiger partial charge >= 0.3 is 5.97 Å². The summed E-state index contributed by atoms with van der Waals surface area (Å²) in [6, 6.07) is 4.48. The Morgan fingerprint density at radius 3 is 2.74 bits per heavy atom. The molecular weight excluding hydrogens is 258 g/mol. The molecule has 0 radical (unpaired) electrons. The summed E-state index contributed by atoms with van der Waals surface area (Å²) in [6.45, 7) is 5.30. The highest BCUT2D eigenvalue weighted by Gasteiger charge is 2.06. The van der Waals surface area contributed by atoms with E-state index in [1.807, 2.05) is 12.1 Å². The summed E-state index contributed by atoms with van der Waals surface area (Å²) < 4.78 is 0. The molecule has 0 aliphatic heterocycles. The lowest BCUT2D eigenvalue weighted by molar-refractivity contribution is -0.136. The van der Waals surface area contributed by atoms with Crippen molar-refractivity contribution in [1.29, 1.82) is 0 Å². The van der Waals surface area contributed by atoms with Crippen molar-refractivity contribution in [2.24, 2.45) is 0 Å². The van der Waals surface area contributed by atoms with Crippen molar-refractivity contribution in [3.05, 3.63) is 21.9 Å². The van der Waals surface area contributed by atoms with Crippen LogP contribution in [-0.2, 0) is 17.8 Å². The summed E-state index contributed by atoms with van der Waals surface area (Å²) in [4.78, 5) is 12.8. The molecule has 4 heteroatoms. The Hall–Kier alpha value is -0.870. The Kier molecular flexibility index (Phi) is 7.75. The SMILES string of the molecule is CCCCCCC(C)NCc1ccc(CC(=O)O)s1. The van der Waals surface area contributed by atoms with Crippen molar-refractivity contribution in [1.82, 2.24) is 5.32 Å². The lowest BCUT2D eigenvalue weighted by atomic mass is 10.1. The molecule has 0 aliphatic rings. The smallest absolute Gasteiger partial charge is 0.308 e. The van der Waals surface area contributed by atoms with Gasteiger partial charge in [-0.05, 0) is 25.5 Å². The minimum absolute atomic E-state index is 0.136. The molecule has 0 amide bonds. The predicted octanol–water partition coefficient (Wildman–Crippen LogP) is 3.82. The van der Waals surface area contributed by atoms with Crippen LogP contribution in [0.2, 0.25) is 0 Å². The number of unbranched alkanes of at least 4 members (excludes halogenated alkanes) is 3. The van der Waals surface area contributed by atoms with Crippen molar-refractivity contribution in [2.45, 2.75) is 65.0 Å². The zero-order valence-electron chi connectivity index (χ0n) is 11.9. The zero-order valence-corrected chi connectivity index (χ0v) is 12.8. The van der Waals surface area contributed by atoms with Crippen LogP contribution >= 0.6 is 11.3 Å². The molecule has 0 fully saturated rings. The third-order valence-corrected chi connectivity index (χ3v) is 4.24. The van der Waals surface area contributed by atoms with Gasteiger partial charge in [-0.1, -0.05) is 32.6 Å². The molecule has 19 heavy (non-hydrogen) atoms. The molecule has 0 aromatic carbocycles. The number of carbonyl (C=O) groups is 1. The van der Waals surface area contributed by atoms with Gasteiger partial charge in [0.25, 0.3) is 0 Å². The van der Waals surface area contributed by atoms with Gasteiger partial charge in [-0.3, -0.25) is 4.79 Å². The first kappa shape index (κ1) is 16.2. The van der Waals surface area contributed by atoms with Gasteiger partial charge in [0.2, 0.25) is 0 Å². The van der Waals surface area contributed by atoms with Crippen molar-refractivity contribution in [3.8, 4) is 0 Å². The minimum Gasteiger partial charge on any atom is -0.481 e. The number of carboxylic acid groups (broad SMARTS) is 1. The molecule has 1 heterocycles. The molecule has 0 saturated carbocycles. The lowest BCUT2D eigenvalue weighted by Crippen LogP contribution is -2.24. The molecule has 1 unspecified atom stereocenters. The molecule has 0 saturated heterocycles. The number of hydrogen-bond donors (Lipinski definition) is 2. The minimum atomic E-state index is -0.759. The molecule has 108 valence electrons. The molecule has 3 nitrogen and oxygen atoms in total. The van der Waals surface area contributed by atoms with Crippen LogP contribution in [-0.4, -0.2) is 17.1 Å². The summed E-state index contributed by atoms with van der Waals surface area (Å²) in [5.41, 5.74) is 0. The van der Waals surface area contributed by atoms with Crippen LogP contribution in [0.25, 0.3) is 0 Å². The van der Waals surface area contributed by atoms with E-state index in [4.69, 9.17) is 5.11 Å². The van der Waals surface area contributed by atoms with Crippen LogP contribution < -0.4 is 5.32 Å². The topological polar surface area (TPSA) is 49.3 Å². The highest BCUT2D eigenvalue weighted by atomic mass is 32.1. The standard InChI is InChI=1S/C15H25NO2S/c1-3-4-5-6-7-12(2)16-11-14-9-8-13(19-14)10-15(17)18/h8-9,12,16H,3-7,10-11H2,1-2H3,(H,17,18). The van der Waals surface area contributed by atoms with E-state index in [9.17, 15) is 4.79 Å². The fourth-order valence-corrected chi connectivity index (χ4v) is 2.98. The highest BCUT2D eigenvalue weighted by molar-refractivity contribution is 7.12. The van der Waals surface area contributed by atoms with E-state index in [2.05, 4.69) is 19.2 Å². The number of thiophene rings is 1. The van der Waals surface area contributed by atoms with E-state index in [1.165, 1.54) is 37.0 Å². The van der Waals surface area contributed by atoms with Gasteiger partial charge in [0.05, 0.1) is 6.42 Å². The first-order valence-electron chi connectivity index (χ1n) is 7.14. The maximum absolute atomic E-state index is 10.6. The molecule has 1 aromatic heterocycles. The van der Waals surface area contributed by atoms with Crippen LogP contribution in [0.1, 0.15) is 55.7 Å². The number of carboxylic acids is 1. The third kappa shape index (κ3) is 7.33. The molecule has 1 atom stereocenters. The Morgan fingerprint density at radius 2 is 2.05 bits per heavy atom. The van der Waals surface area contributed by atoms with Crippen LogP contribution in [0.15, 0.2) is 12.1 Å². The van der Waals surface area contributed by atoms with Gasteiger partial charge in [-0.15, -0.1) is 11.3 Å². The number of nitrogens with one attached hydrogen (secondary N) is 1. The second-order valence-corrected chi connectivity index (χ2v) is 6.32. The third-order valence-electron chi connectivity index (χ3n) is 3.16. The van der Waals surface area contributed by atoms with Crippen LogP contribution in [0, 0.1) is 0 Å². The van der Waals surface area contributed by atoms with Crippen LogP contribution in [0.4, 0.5) is 0 Å². The molecular formula is C15H25NO2S. The fourth-order valence-electron chi connectivity index (χ4n) is 2.02. The second kappa shape index (κ2) is 9.10. The summed E-state index contributed by atoms with van der Waals surface area (Å²) in [7, 11) is 0.